The first-order chi connectivity index (χ1) is 8.11. The van der Waals surface area contributed by atoms with E-state index in [4.69, 9.17) is 0 Å². The SMILES string of the molecule is Cc1sc2nc3n(c(=O)c2c1C)CC(CI)S3.[I-]. The highest BCUT2D eigenvalue weighted by Crippen LogP contribution is 2.34. The summed E-state index contributed by atoms with van der Waals surface area (Å²) in [7, 11) is 0. The van der Waals surface area contributed by atoms with Gasteiger partial charge in [-0.1, -0.05) is 34.4 Å². The minimum absolute atomic E-state index is 0. The van der Waals surface area contributed by atoms with Crippen molar-refractivity contribution in [1.29, 1.82) is 0 Å². The summed E-state index contributed by atoms with van der Waals surface area (Å²) in [6, 6.07) is 0. The lowest BCUT2D eigenvalue weighted by Crippen LogP contribution is -3.00. The van der Waals surface area contributed by atoms with Crippen LogP contribution in [-0.2, 0) is 6.54 Å². The Labute approximate surface area is 144 Å². The Morgan fingerprint density at radius 2 is 2.22 bits per heavy atom. The van der Waals surface area contributed by atoms with Gasteiger partial charge in [0.25, 0.3) is 5.56 Å². The van der Waals surface area contributed by atoms with E-state index in [1.54, 1.807) is 23.1 Å². The zero-order valence-electron chi connectivity index (χ0n) is 9.87. The highest BCUT2D eigenvalue weighted by atomic mass is 127. The molecule has 3 rings (SSSR count). The number of alkyl halides is 1. The Kier molecular flexibility index (Phi) is 4.65. The maximum atomic E-state index is 12.4. The number of hydrogen-bond donors (Lipinski definition) is 0. The molecule has 0 amide bonds. The second kappa shape index (κ2) is 5.57. The van der Waals surface area contributed by atoms with Gasteiger partial charge in [-0.15, -0.1) is 11.3 Å². The monoisotopic (exact) mass is 505 g/mol. The average Bonchev–Trinajstić information content (AvgIpc) is 2.82. The van der Waals surface area contributed by atoms with Gasteiger partial charge in [-0.25, -0.2) is 4.98 Å². The number of thiophene rings is 1. The molecule has 0 N–H and O–H groups in total. The third kappa shape index (κ3) is 2.24. The molecule has 2 aromatic heterocycles. The van der Waals surface area contributed by atoms with E-state index >= 15 is 0 Å². The van der Waals surface area contributed by atoms with Gasteiger partial charge in [-0.3, -0.25) is 9.36 Å². The standard InChI is InChI=1S/C11H11IN2OS2.HI/c1-5-6(2)16-9-8(5)10(15)14-4-7(3-12)17-11(14)13-9;/h7H,3-4H2,1-2H3;1H/p-1. The predicted octanol–water partition coefficient (Wildman–Crippen LogP) is -0.0119. The number of hydrogen-bond acceptors (Lipinski definition) is 4. The zero-order chi connectivity index (χ0) is 12.2. The van der Waals surface area contributed by atoms with Gasteiger partial charge in [-0.05, 0) is 19.4 Å². The van der Waals surface area contributed by atoms with Crippen molar-refractivity contribution in [2.75, 3.05) is 4.43 Å². The van der Waals surface area contributed by atoms with Gasteiger partial charge < -0.3 is 24.0 Å². The first-order valence-corrected chi connectivity index (χ1v) is 8.57. The smallest absolute Gasteiger partial charge is 0.263 e. The Morgan fingerprint density at radius 3 is 2.89 bits per heavy atom. The first kappa shape index (κ1) is 15.0. The van der Waals surface area contributed by atoms with Crippen molar-refractivity contribution < 1.29 is 24.0 Å². The number of nitrogens with zero attached hydrogens (tertiary/aromatic N) is 2. The fraction of sp³-hybridized carbons (Fsp3) is 0.455. The van der Waals surface area contributed by atoms with E-state index in [1.165, 1.54) is 4.88 Å². The summed E-state index contributed by atoms with van der Waals surface area (Å²) in [4.78, 5) is 19.2. The van der Waals surface area contributed by atoms with Crippen molar-refractivity contribution in [1.82, 2.24) is 9.55 Å². The van der Waals surface area contributed by atoms with Crippen LogP contribution in [0.4, 0.5) is 0 Å². The molecule has 1 unspecified atom stereocenters. The Balaban J connectivity index is 0.00000120. The molecule has 0 aliphatic carbocycles. The lowest BCUT2D eigenvalue weighted by atomic mass is 10.2. The molecule has 98 valence electrons. The quantitative estimate of drug-likeness (QED) is 0.311. The molecule has 0 fully saturated rings. The molecule has 2 aromatic rings. The highest BCUT2D eigenvalue weighted by Gasteiger charge is 2.26. The van der Waals surface area contributed by atoms with Gasteiger partial charge in [0.2, 0.25) is 0 Å². The van der Waals surface area contributed by atoms with Gasteiger partial charge in [0.15, 0.2) is 5.16 Å². The van der Waals surface area contributed by atoms with Crippen LogP contribution < -0.4 is 29.5 Å². The summed E-state index contributed by atoms with van der Waals surface area (Å²) in [5.74, 6) is 0. The summed E-state index contributed by atoms with van der Waals surface area (Å²) in [5.41, 5.74) is 1.24. The minimum Gasteiger partial charge on any atom is -1.00 e. The molecule has 0 saturated heterocycles. The van der Waals surface area contributed by atoms with Crippen molar-refractivity contribution in [3.63, 3.8) is 0 Å². The van der Waals surface area contributed by atoms with Crippen LogP contribution in [0.25, 0.3) is 10.2 Å². The lowest BCUT2D eigenvalue weighted by Gasteiger charge is -2.01. The number of rotatable bonds is 1. The molecule has 1 atom stereocenters. The predicted molar refractivity (Wildman–Crippen MR) is 81.9 cm³/mol. The van der Waals surface area contributed by atoms with Gasteiger partial charge in [0, 0.05) is 21.1 Å². The van der Waals surface area contributed by atoms with Crippen LogP contribution in [0.2, 0.25) is 0 Å². The van der Waals surface area contributed by atoms with Crippen LogP contribution in [-0.4, -0.2) is 19.2 Å². The van der Waals surface area contributed by atoms with Crippen LogP contribution in [0.3, 0.4) is 0 Å². The van der Waals surface area contributed by atoms with Gasteiger partial charge in [0.1, 0.15) is 4.83 Å². The van der Waals surface area contributed by atoms with E-state index in [1.807, 2.05) is 11.5 Å². The van der Waals surface area contributed by atoms with E-state index in [2.05, 4.69) is 34.5 Å². The van der Waals surface area contributed by atoms with Crippen molar-refractivity contribution in [3.05, 3.63) is 20.8 Å². The lowest BCUT2D eigenvalue weighted by molar-refractivity contribution is -0.00000334. The highest BCUT2D eigenvalue weighted by molar-refractivity contribution is 14.1. The molecule has 0 saturated carbocycles. The van der Waals surface area contributed by atoms with Crippen LogP contribution in [0.1, 0.15) is 10.4 Å². The normalized spacial score (nSPS) is 17.8. The minimum atomic E-state index is 0. The fourth-order valence-corrected chi connectivity index (χ4v) is 4.94. The zero-order valence-corrected chi connectivity index (χ0v) is 15.8. The average molecular weight is 505 g/mol. The maximum absolute atomic E-state index is 12.4. The molecular weight excluding hydrogens is 494 g/mol. The summed E-state index contributed by atoms with van der Waals surface area (Å²) < 4.78 is 2.90. The molecule has 1 aliphatic rings. The van der Waals surface area contributed by atoms with E-state index in [0.717, 1.165) is 31.9 Å². The van der Waals surface area contributed by atoms with Crippen molar-refractivity contribution in [2.45, 2.75) is 30.8 Å². The Bertz CT molecular complexity index is 665. The largest absolute Gasteiger partial charge is 1.00 e. The molecule has 3 nitrogen and oxygen atoms in total. The number of thioether (sulfide) groups is 1. The second-order valence-corrected chi connectivity index (χ2v) is 7.52. The molecule has 1 aliphatic heterocycles. The van der Waals surface area contributed by atoms with Crippen molar-refractivity contribution in [2.24, 2.45) is 0 Å². The Hall–Kier alpha value is 0.650. The third-order valence-corrected chi connectivity index (χ3v) is 7.02. The van der Waals surface area contributed by atoms with Gasteiger partial charge in [0.05, 0.1) is 5.39 Å². The van der Waals surface area contributed by atoms with Crippen LogP contribution in [0, 0.1) is 13.8 Å². The van der Waals surface area contributed by atoms with E-state index in [-0.39, 0.29) is 29.5 Å². The molecule has 18 heavy (non-hydrogen) atoms. The summed E-state index contributed by atoms with van der Waals surface area (Å²) in [6.07, 6.45) is 0. The van der Waals surface area contributed by atoms with Crippen LogP contribution in [0.5, 0.6) is 0 Å². The number of aromatic nitrogens is 2. The van der Waals surface area contributed by atoms with Crippen molar-refractivity contribution >= 4 is 55.9 Å². The number of halogens is 2. The van der Waals surface area contributed by atoms with Crippen molar-refractivity contribution in [3.8, 4) is 0 Å². The molecule has 3 heterocycles. The molecule has 0 aromatic carbocycles. The topological polar surface area (TPSA) is 34.9 Å². The van der Waals surface area contributed by atoms with Gasteiger partial charge >= 0.3 is 0 Å². The van der Waals surface area contributed by atoms with E-state index < -0.39 is 0 Å². The number of aryl methyl sites for hydroxylation is 2. The summed E-state index contributed by atoms with van der Waals surface area (Å²) in [5, 5.41) is 2.21. The third-order valence-electron chi connectivity index (χ3n) is 3.08. The summed E-state index contributed by atoms with van der Waals surface area (Å²) >= 11 is 5.73. The fourth-order valence-electron chi connectivity index (χ4n) is 2.03. The molecule has 0 radical (unpaired) electrons. The molecule has 7 heteroatoms. The maximum Gasteiger partial charge on any atom is 0.263 e. The first-order valence-electron chi connectivity index (χ1n) is 5.35. The molecule has 0 spiro atoms. The summed E-state index contributed by atoms with van der Waals surface area (Å²) in [6.45, 7) is 4.87. The van der Waals surface area contributed by atoms with Gasteiger partial charge in [-0.2, -0.15) is 0 Å². The van der Waals surface area contributed by atoms with E-state index in [9.17, 15) is 4.79 Å². The number of fused-ring (bicyclic) bond motifs is 2. The Morgan fingerprint density at radius 1 is 1.50 bits per heavy atom. The van der Waals surface area contributed by atoms with Crippen LogP contribution >= 0.6 is 45.7 Å². The molecular formula is C11H11I2N2OS2-. The second-order valence-electron chi connectivity index (χ2n) is 4.17. The van der Waals surface area contributed by atoms with Crippen LogP contribution in [0.15, 0.2) is 9.95 Å². The molecule has 0 bridgehead atoms. The van der Waals surface area contributed by atoms with E-state index in [0.29, 0.717) is 5.25 Å².